The van der Waals surface area contributed by atoms with Crippen molar-refractivity contribution in [1.29, 1.82) is 0 Å². The zero-order valence-corrected chi connectivity index (χ0v) is 16.4. The standard InChI is InChI=1S/C21H28N2O2.ClH/c1-3-25-21-11-16(9-10-20(21)24-2)13-23-14-18(12-22)19(15-23)17-7-5-4-6-8-17;/h4-11,18-19H,3,12-15,22H2,1-2H3;1H/t18-,19+;/m1./s1. The SMILES string of the molecule is CCOc1cc(CN2C[C@@H](CN)[C@H](c3ccccc3)C2)ccc1OC.Cl. The molecule has 142 valence electrons. The third kappa shape index (κ3) is 4.70. The first-order valence-corrected chi connectivity index (χ1v) is 9.02. The van der Waals surface area contributed by atoms with Gasteiger partial charge in [0.15, 0.2) is 11.5 Å². The molecule has 0 amide bonds. The molecule has 2 N–H and O–H groups in total. The van der Waals surface area contributed by atoms with Crippen LogP contribution in [0, 0.1) is 5.92 Å². The molecule has 0 aliphatic carbocycles. The Bertz CT molecular complexity index is 681. The number of ether oxygens (including phenoxy) is 2. The molecule has 2 atom stereocenters. The van der Waals surface area contributed by atoms with Crippen LogP contribution in [-0.4, -0.2) is 38.3 Å². The molecule has 0 spiro atoms. The van der Waals surface area contributed by atoms with Gasteiger partial charge in [-0.3, -0.25) is 4.90 Å². The van der Waals surface area contributed by atoms with E-state index in [0.717, 1.165) is 37.7 Å². The maximum Gasteiger partial charge on any atom is 0.161 e. The fraction of sp³-hybridized carbons (Fsp3) is 0.429. The van der Waals surface area contributed by atoms with Gasteiger partial charge in [-0.15, -0.1) is 12.4 Å². The summed E-state index contributed by atoms with van der Waals surface area (Å²) in [6.07, 6.45) is 0. The van der Waals surface area contributed by atoms with Crippen molar-refractivity contribution in [3.63, 3.8) is 0 Å². The van der Waals surface area contributed by atoms with Gasteiger partial charge in [0.05, 0.1) is 13.7 Å². The summed E-state index contributed by atoms with van der Waals surface area (Å²) < 4.78 is 11.1. The lowest BCUT2D eigenvalue weighted by Gasteiger charge is -2.18. The largest absolute Gasteiger partial charge is 0.493 e. The molecule has 1 aliphatic heterocycles. The number of likely N-dealkylation sites (tertiary alicyclic amines) is 1. The van der Waals surface area contributed by atoms with E-state index in [1.807, 2.05) is 13.0 Å². The fourth-order valence-electron chi connectivity index (χ4n) is 3.75. The van der Waals surface area contributed by atoms with Crippen molar-refractivity contribution in [2.24, 2.45) is 11.7 Å². The van der Waals surface area contributed by atoms with Gasteiger partial charge in [-0.25, -0.2) is 0 Å². The zero-order valence-electron chi connectivity index (χ0n) is 15.6. The third-order valence-corrected chi connectivity index (χ3v) is 4.98. The second-order valence-corrected chi connectivity index (χ2v) is 6.63. The fourth-order valence-corrected chi connectivity index (χ4v) is 3.75. The molecule has 2 aromatic carbocycles. The second-order valence-electron chi connectivity index (χ2n) is 6.63. The van der Waals surface area contributed by atoms with E-state index in [1.165, 1.54) is 11.1 Å². The van der Waals surface area contributed by atoms with Crippen LogP contribution in [0.3, 0.4) is 0 Å². The van der Waals surface area contributed by atoms with Gasteiger partial charge in [0, 0.05) is 25.6 Å². The van der Waals surface area contributed by atoms with Crippen molar-refractivity contribution in [2.45, 2.75) is 19.4 Å². The van der Waals surface area contributed by atoms with Crippen LogP contribution >= 0.6 is 12.4 Å². The molecule has 1 fully saturated rings. The Morgan fingerprint density at radius 3 is 2.50 bits per heavy atom. The van der Waals surface area contributed by atoms with Gasteiger partial charge >= 0.3 is 0 Å². The average Bonchev–Trinajstić information content (AvgIpc) is 3.06. The number of rotatable bonds is 7. The van der Waals surface area contributed by atoms with Crippen LogP contribution in [-0.2, 0) is 6.54 Å². The van der Waals surface area contributed by atoms with E-state index < -0.39 is 0 Å². The number of benzene rings is 2. The first-order valence-electron chi connectivity index (χ1n) is 9.02. The van der Waals surface area contributed by atoms with Gasteiger partial charge in [0.25, 0.3) is 0 Å². The number of nitrogens with zero attached hydrogens (tertiary/aromatic N) is 1. The monoisotopic (exact) mass is 376 g/mol. The van der Waals surface area contributed by atoms with Gasteiger partial charge in [-0.2, -0.15) is 0 Å². The number of methoxy groups -OCH3 is 1. The minimum atomic E-state index is 0. The molecule has 3 rings (SSSR count). The first-order chi connectivity index (χ1) is 12.2. The molecule has 0 unspecified atom stereocenters. The molecule has 26 heavy (non-hydrogen) atoms. The molecule has 1 saturated heterocycles. The predicted octanol–water partition coefficient (Wildman–Crippen LogP) is 3.69. The molecule has 0 radical (unpaired) electrons. The van der Waals surface area contributed by atoms with Gasteiger partial charge in [-0.05, 0) is 42.6 Å². The summed E-state index contributed by atoms with van der Waals surface area (Å²) in [4.78, 5) is 2.49. The lowest BCUT2D eigenvalue weighted by atomic mass is 9.89. The van der Waals surface area contributed by atoms with E-state index in [-0.39, 0.29) is 12.4 Å². The lowest BCUT2D eigenvalue weighted by molar-refractivity contribution is 0.303. The Morgan fingerprint density at radius 1 is 1.08 bits per heavy atom. The van der Waals surface area contributed by atoms with E-state index in [4.69, 9.17) is 15.2 Å². The zero-order chi connectivity index (χ0) is 17.6. The van der Waals surface area contributed by atoms with Crippen molar-refractivity contribution >= 4 is 12.4 Å². The Balaban J connectivity index is 0.00000243. The van der Waals surface area contributed by atoms with E-state index in [9.17, 15) is 0 Å². The van der Waals surface area contributed by atoms with Gasteiger partial charge in [0.1, 0.15) is 0 Å². The van der Waals surface area contributed by atoms with Crippen LogP contribution in [0.4, 0.5) is 0 Å². The Labute approximate surface area is 162 Å². The maximum absolute atomic E-state index is 6.06. The summed E-state index contributed by atoms with van der Waals surface area (Å²) in [6, 6.07) is 16.9. The molecule has 0 saturated carbocycles. The number of nitrogens with two attached hydrogens (primary N) is 1. The molecule has 0 aromatic heterocycles. The predicted molar refractivity (Wildman–Crippen MR) is 108 cm³/mol. The lowest BCUT2D eigenvalue weighted by Crippen LogP contribution is -2.23. The summed E-state index contributed by atoms with van der Waals surface area (Å²) in [6.45, 7) is 6.33. The van der Waals surface area contributed by atoms with E-state index >= 15 is 0 Å². The molecule has 0 bridgehead atoms. The van der Waals surface area contributed by atoms with E-state index in [0.29, 0.717) is 18.4 Å². The first kappa shape index (κ1) is 20.6. The number of hydrogen-bond donors (Lipinski definition) is 1. The normalized spacial score (nSPS) is 19.8. The average molecular weight is 377 g/mol. The molecule has 1 heterocycles. The van der Waals surface area contributed by atoms with Crippen LogP contribution in [0.25, 0.3) is 0 Å². The molecule has 4 nitrogen and oxygen atoms in total. The Morgan fingerprint density at radius 2 is 1.85 bits per heavy atom. The van der Waals surface area contributed by atoms with E-state index in [1.54, 1.807) is 7.11 Å². The van der Waals surface area contributed by atoms with Crippen molar-refractivity contribution < 1.29 is 9.47 Å². The van der Waals surface area contributed by atoms with Crippen LogP contribution in [0.2, 0.25) is 0 Å². The molecular weight excluding hydrogens is 348 g/mol. The molecule has 5 heteroatoms. The molecule has 2 aromatic rings. The minimum Gasteiger partial charge on any atom is -0.493 e. The van der Waals surface area contributed by atoms with Crippen molar-refractivity contribution in [2.75, 3.05) is 33.4 Å². The van der Waals surface area contributed by atoms with Crippen LogP contribution in [0.15, 0.2) is 48.5 Å². The molecular formula is C21H29ClN2O2. The van der Waals surface area contributed by atoms with E-state index in [2.05, 4.69) is 47.4 Å². The van der Waals surface area contributed by atoms with Crippen molar-refractivity contribution in [3.05, 3.63) is 59.7 Å². The summed E-state index contributed by atoms with van der Waals surface area (Å²) >= 11 is 0. The summed E-state index contributed by atoms with van der Waals surface area (Å²) in [5.41, 5.74) is 8.69. The van der Waals surface area contributed by atoms with Gasteiger partial charge < -0.3 is 15.2 Å². The second kappa shape index (κ2) is 9.81. The smallest absolute Gasteiger partial charge is 0.161 e. The topological polar surface area (TPSA) is 47.7 Å². The Hall–Kier alpha value is -1.75. The van der Waals surface area contributed by atoms with Crippen LogP contribution in [0.1, 0.15) is 24.0 Å². The summed E-state index contributed by atoms with van der Waals surface area (Å²) in [5, 5.41) is 0. The summed E-state index contributed by atoms with van der Waals surface area (Å²) in [7, 11) is 1.67. The maximum atomic E-state index is 6.06. The molecule has 1 aliphatic rings. The van der Waals surface area contributed by atoms with Crippen molar-refractivity contribution in [1.82, 2.24) is 4.90 Å². The Kier molecular flexibility index (Phi) is 7.76. The highest BCUT2D eigenvalue weighted by atomic mass is 35.5. The highest BCUT2D eigenvalue weighted by molar-refractivity contribution is 5.85. The minimum absolute atomic E-state index is 0. The van der Waals surface area contributed by atoms with Crippen LogP contribution < -0.4 is 15.2 Å². The number of hydrogen-bond acceptors (Lipinski definition) is 4. The highest BCUT2D eigenvalue weighted by Gasteiger charge is 2.32. The van der Waals surface area contributed by atoms with Gasteiger partial charge in [0.2, 0.25) is 0 Å². The third-order valence-electron chi connectivity index (χ3n) is 4.98. The number of halogens is 1. The van der Waals surface area contributed by atoms with Crippen LogP contribution in [0.5, 0.6) is 11.5 Å². The van der Waals surface area contributed by atoms with Gasteiger partial charge in [-0.1, -0.05) is 36.4 Å². The van der Waals surface area contributed by atoms with Crippen molar-refractivity contribution in [3.8, 4) is 11.5 Å². The quantitative estimate of drug-likeness (QED) is 0.800. The summed E-state index contributed by atoms with van der Waals surface area (Å²) in [5.74, 6) is 2.62. The highest BCUT2D eigenvalue weighted by Crippen LogP contribution is 2.34.